The molecule has 3 atom stereocenters. The number of para-hydroxylation sites is 1. The normalized spacial score (nSPS) is 28.5. The highest BCUT2D eigenvalue weighted by Crippen LogP contribution is 2.43. The molecular formula is C23H31N3O3. The maximum absolute atomic E-state index is 13.3. The minimum atomic E-state index is -0.781. The Labute approximate surface area is 172 Å². The molecule has 1 saturated carbocycles. The molecule has 1 aromatic rings. The minimum absolute atomic E-state index is 0.00767. The van der Waals surface area contributed by atoms with Crippen molar-refractivity contribution in [3.63, 3.8) is 0 Å². The quantitative estimate of drug-likeness (QED) is 0.799. The molecule has 0 aromatic heterocycles. The van der Waals surface area contributed by atoms with Gasteiger partial charge in [0.2, 0.25) is 11.8 Å². The molecule has 6 nitrogen and oxygen atoms in total. The van der Waals surface area contributed by atoms with Gasteiger partial charge >= 0.3 is 0 Å². The SMILES string of the molecule is CCCCC1CCCC1NC(=O)CN1C(=O)c2ccccc2N2C(=O)CCC12C. The molecule has 2 heterocycles. The molecule has 1 aromatic carbocycles. The highest BCUT2D eigenvalue weighted by atomic mass is 16.2. The number of anilines is 1. The van der Waals surface area contributed by atoms with E-state index < -0.39 is 5.66 Å². The molecule has 4 rings (SSSR count). The zero-order valence-electron chi connectivity index (χ0n) is 17.4. The second kappa shape index (κ2) is 7.81. The van der Waals surface area contributed by atoms with Crippen LogP contribution in [-0.4, -0.2) is 40.9 Å². The third kappa shape index (κ3) is 3.43. The van der Waals surface area contributed by atoms with Gasteiger partial charge < -0.3 is 10.2 Å². The first-order valence-corrected chi connectivity index (χ1v) is 11.0. The number of nitrogens with one attached hydrogen (secondary N) is 1. The maximum atomic E-state index is 13.3. The second-order valence-electron chi connectivity index (χ2n) is 8.86. The first-order valence-electron chi connectivity index (χ1n) is 11.0. The number of benzene rings is 1. The molecule has 0 spiro atoms. The van der Waals surface area contributed by atoms with Crippen molar-refractivity contribution >= 4 is 23.4 Å². The Bertz CT molecular complexity index is 823. The van der Waals surface area contributed by atoms with Crippen molar-refractivity contribution in [3.8, 4) is 0 Å². The van der Waals surface area contributed by atoms with Gasteiger partial charge in [-0.2, -0.15) is 0 Å². The molecule has 2 fully saturated rings. The van der Waals surface area contributed by atoms with Crippen LogP contribution in [0.2, 0.25) is 0 Å². The van der Waals surface area contributed by atoms with Crippen LogP contribution in [0.3, 0.4) is 0 Å². The maximum Gasteiger partial charge on any atom is 0.258 e. The smallest absolute Gasteiger partial charge is 0.258 e. The van der Waals surface area contributed by atoms with Crippen molar-refractivity contribution in [3.05, 3.63) is 29.8 Å². The highest BCUT2D eigenvalue weighted by molar-refractivity contribution is 6.11. The Morgan fingerprint density at radius 3 is 2.83 bits per heavy atom. The van der Waals surface area contributed by atoms with Crippen molar-refractivity contribution in [2.24, 2.45) is 5.92 Å². The van der Waals surface area contributed by atoms with E-state index in [1.807, 2.05) is 19.1 Å². The molecule has 3 aliphatic rings. The van der Waals surface area contributed by atoms with Crippen LogP contribution < -0.4 is 10.2 Å². The third-order valence-corrected chi connectivity index (χ3v) is 6.98. The monoisotopic (exact) mass is 397 g/mol. The molecule has 1 saturated heterocycles. The van der Waals surface area contributed by atoms with E-state index in [1.54, 1.807) is 21.9 Å². The van der Waals surface area contributed by atoms with Crippen LogP contribution in [0.5, 0.6) is 0 Å². The lowest BCUT2D eigenvalue weighted by molar-refractivity contribution is -0.124. The first kappa shape index (κ1) is 19.9. The number of unbranched alkanes of at least 4 members (excludes halogenated alkanes) is 1. The van der Waals surface area contributed by atoms with Gasteiger partial charge in [-0.05, 0) is 50.7 Å². The fourth-order valence-corrected chi connectivity index (χ4v) is 5.38. The summed E-state index contributed by atoms with van der Waals surface area (Å²) in [4.78, 5) is 42.2. The zero-order chi connectivity index (χ0) is 20.6. The summed E-state index contributed by atoms with van der Waals surface area (Å²) in [6.45, 7) is 4.08. The van der Waals surface area contributed by atoms with Crippen LogP contribution in [0.25, 0.3) is 0 Å². The van der Waals surface area contributed by atoms with E-state index in [0.717, 1.165) is 19.3 Å². The van der Waals surface area contributed by atoms with Gasteiger partial charge in [-0.25, -0.2) is 0 Å². The van der Waals surface area contributed by atoms with Crippen LogP contribution in [0.15, 0.2) is 24.3 Å². The van der Waals surface area contributed by atoms with Crippen molar-refractivity contribution < 1.29 is 14.4 Å². The number of nitrogens with zero attached hydrogens (tertiary/aromatic N) is 2. The largest absolute Gasteiger partial charge is 0.352 e. The number of carbonyl (C=O) groups is 3. The van der Waals surface area contributed by atoms with E-state index in [0.29, 0.717) is 30.0 Å². The molecule has 3 amide bonds. The molecular weight excluding hydrogens is 366 g/mol. The number of fused-ring (bicyclic) bond motifs is 3. The van der Waals surface area contributed by atoms with E-state index in [9.17, 15) is 14.4 Å². The van der Waals surface area contributed by atoms with Gasteiger partial charge in [0.25, 0.3) is 5.91 Å². The van der Waals surface area contributed by atoms with Crippen LogP contribution in [-0.2, 0) is 9.59 Å². The standard InChI is InChI=1S/C23H31N3O3/c1-3-4-8-16-9-7-11-18(16)24-20(27)15-25-22(29)17-10-5-6-12-19(17)26-21(28)13-14-23(25,26)2/h5-6,10,12,16,18H,3-4,7-9,11,13-15H2,1-2H3,(H,24,27). The molecule has 0 radical (unpaired) electrons. The summed E-state index contributed by atoms with van der Waals surface area (Å²) >= 11 is 0. The van der Waals surface area contributed by atoms with E-state index in [1.165, 1.54) is 19.3 Å². The number of hydrogen-bond acceptors (Lipinski definition) is 3. The molecule has 1 N–H and O–H groups in total. The van der Waals surface area contributed by atoms with Crippen LogP contribution >= 0.6 is 0 Å². The van der Waals surface area contributed by atoms with Gasteiger partial charge in [-0.3, -0.25) is 19.3 Å². The lowest BCUT2D eigenvalue weighted by atomic mass is 9.96. The molecule has 1 aliphatic carbocycles. The predicted molar refractivity (Wildman–Crippen MR) is 111 cm³/mol. The summed E-state index contributed by atoms with van der Waals surface area (Å²) in [7, 11) is 0. The minimum Gasteiger partial charge on any atom is -0.352 e. The Kier molecular flexibility index (Phi) is 5.36. The van der Waals surface area contributed by atoms with Crippen molar-refractivity contribution in [2.75, 3.05) is 11.4 Å². The lowest BCUT2D eigenvalue weighted by Crippen LogP contribution is -2.64. The van der Waals surface area contributed by atoms with E-state index in [4.69, 9.17) is 0 Å². The molecule has 2 aliphatic heterocycles. The molecule has 156 valence electrons. The van der Waals surface area contributed by atoms with Gasteiger partial charge in [-0.15, -0.1) is 0 Å². The number of rotatable bonds is 6. The summed E-state index contributed by atoms with van der Waals surface area (Å²) in [5.41, 5.74) is 0.376. The highest BCUT2D eigenvalue weighted by Gasteiger charge is 2.53. The Morgan fingerprint density at radius 1 is 1.24 bits per heavy atom. The average Bonchev–Trinajstić information content (AvgIpc) is 3.27. The molecule has 3 unspecified atom stereocenters. The summed E-state index contributed by atoms with van der Waals surface area (Å²) in [6.07, 6.45) is 7.76. The van der Waals surface area contributed by atoms with Crippen LogP contribution in [0.1, 0.15) is 75.6 Å². The van der Waals surface area contributed by atoms with Gasteiger partial charge in [0.05, 0.1) is 11.3 Å². The zero-order valence-corrected chi connectivity index (χ0v) is 17.4. The lowest BCUT2D eigenvalue weighted by Gasteiger charge is -2.48. The average molecular weight is 398 g/mol. The molecule has 29 heavy (non-hydrogen) atoms. The fraction of sp³-hybridized carbons (Fsp3) is 0.609. The first-order chi connectivity index (χ1) is 14.0. The van der Waals surface area contributed by atoms with E-state index in [2.05, 4.69) is 12.2 Å². The van der Waals surface area contributed by atoms with Crippen LogP contribution in [0.4, 0.5) is 5.69 Å². The second-order valence-corrected chi connectivity index (χ2v) is 8.86. The van der Waals surface area contributed by atoms with Crippen molar-refractivity contribution in [1.82, 2.24) is 10.2 Å². The van der Waals surface area contributed by atoms with E-state index >= 15 is 0 Å². The summed E-state index contributed by atoms with van der Waals surface area (Å²) in [5.74, 6) is 0.259. The summed E-state index contributed by atoms with van der Waals surface area (Å²) in [5, 5.41) is 3.20. The number of hydrogen-bond donors (Lipinski definition) is 1. The van der Waals surface area contributed by atoms with Gasteiger partial charge in [0, 0.05) is 12.5 Å². The topological polar surface area (TPSA) is 69.7 Å². The Balaban J connectivity index is 1.53. The summed E-state index contributed by atoms with van der Waals surface area (Å²) < 4.78 is 0. The van der Waals surface area contributed by atoms with Gasteiger partial charge in [-0.1, -0.05) is 38.3 Å². The number of amides is 3. The molecule has 0 bridgehead atoms. The fourth-order valence-electron chi connectivity index (χ4n) is 5.38. The van der Waals surface area contributed by atoms with Crippen molar-refractivity contribution in [2.45, 2.75) is 76.9 Å². The summed E-state index contributed by atoms with van der Waals surface area (Å²) in [6, 6.07) is 7.41. The van der Waals surface area contributed by atoms with E-state index in [-0.39, 0.29) is 30.3 Å². The van der Waals surface area contributed by atoms with Gasteiger partial charge in [0.15, 0.2) is 0 Å². The third-order valence-electron chi connectivity index (χ3n) is 6.98. The van der Waals surface area contributed by atoms with Crippen LogP contribution in [0, 0.1) is 5.92 Å². The Hall–Kier alpha value is -2.37. The Morgan fingerprint density at radius 2 is 2.03 bits per heavy atom. The number of carbonyl (C=O) groups excluding carboxylic acids is 3. The van der Waals surface area contributed by atoms with Gasteiger partial charge in [0.1, 0.15) is 12.2 Å². The van der Waals surface area contributed by atoms with Crippen molar-refractivity contribution in [1.29, 1.82) is 0 Å². The molecule has 6 heteroatoms. The predicted octanol–water partition coefficient (Wildman–Crippen LogP) is 3.46.